The van der Waals surface area contributed by atoms with Crippen LogP contribution in [-0.2, 0) is 6.54 Å². The standard InChI is InChI=1S/C13H22ClN3S/c1-5-15-7-11-6-12(14)13(16-8-11)17(3)10(2)9-18-4/h6,8,10,15H,5,7,9H2,1-4H3. The number of pyridine rings is 1. The van der Waals surface area contributed by atoms with Crippen LogP contribution in [0.4, 0.5) is 5.82 Å². The van der Waals surface area contributed by atoms with Crippen molar-refractivity contribution in [2.45, 2.75) is 26.4 Å². The molecule has 0 aliphatic carbocycles. The molecule has 0 spiro atoms. The van der Waals surface area contributed by atoms with E-state index in [-0.39, 0.29) is 0 Å². The van der Waals surface area contributed by atoms with Crippen LogP contribution in [0.25, 0.3) is 0 Å². The summed E-state index contributed by atoms with van der Waals surface area (Å²) >= 11 is 8.14. The number of rotatable bonds is 7. The molecule has 1 rings (SSSR count). The summed E-state index contributed by atoms with van der Waals surface area (Å²) in [5.41, 5.74) is 1.12. The van der Waals surface area contributed by atoms with Gasteiger partial charge in [0, 0.05) is 31.6 Å². The Morgan fingerprint density at radius 2 is 2.28 bits per heavy atom. The average Bonchev–Trinajstić information content (AvgIpc) is 2.36. The van der Waals surface area contributed by atoms with Gasteiger partial charge in [-0.05, 0) is 31.4 Å². The molecule has 0 aliphatic heterocycles. The SMILES string of the molecule is CCNCc1cnc(N(C)C(C)CSC)c(Cl)c1. The molecule has 0 aromatic carbocycles. The highest BCUT2D eigenvalue weighted by molar-refractivity contribution is 7.98. The van der Waals surface area contributed by atoms with Crippen molar-refractivity contribution in [3.63, 3.8) is 0 Å². The Labute approximate surface area is 119 Å². The average molecular weight is 288 g/mol. The molecule has 1 N–H and O–H groups in total. The van der Waals surface area contributed by atoms with Gasteiger partial charge in [-0.3, -0.25) is 0 Å². The lowest BCUT2D eigenvalue weighted by atomic mass is 10.2. The van der Waals surface area contributed by atoms with Crippen molar-refractivity contribution in [1.29, 1.82) is 0 Å². The molecule has 1 atom stereocenters. The maximum absolute atomic E-state index is 6.31. The molecule has 1 heterocycles. The van der Waals surface area contributed by atoms with Crippen molar-refractivity contribution >= 4 is 29.2 Å². The van der Waals surface area contributed by atoms with E-state index in [0.29, 0.717) is 6.04 Å². The summed E-state index contributed by atoms with van der Waals surface area (Å²) in [4.78, 5) is 6.61. The molecule has 1 unspecified atom stereocenters. The van der Waals surface area contributed by atoms with Gasteiger partial charge in [0.2, 0.25) is 0 Å². The van der Waals surface area contributed by atoms with Crippen molar-refractivity contribution in [2.75, 3.05) is 30.5 Å². The third kappa shape index (κ3) is 4.34. The number of aromatic nitrogens is 1. The molecule has 0 saturated heterocycles. The summed E-state index contributed by atoms with van der Waals surface area (Å²) in [7, 11) is 2.04. The number of hydrogen-bond acceptors (Lipinski definition) is 4. The minimum Gasteiger partial charge on any atom is -0.355 e. The second-order valence-corrected chi connectivity index (χ2v) is 5.66. The predicted octanol–water partition coefficient (Wildman–Crippen LogP) is 3.03. The molecule has 0 bridgehead atoms. The quantitative estimate of drug-likeness (QED) is 0.834. The minimum atomic E-state index is 0.421. The van der Waals surface area contributed by atoms with Crippen LogP contribution in [0.3, 0.4) is 0 Å². The second kappa shape index (κ2) is 7.87. The fourth-order valence-corrected chi connectivity index (χ4v) is 2.69. The number of anilines is 1. The first-order valence-corrected chi connectivity index (χ1v) is 7.94. The van der Waals surface area contributed by atoms with Crippen LogP contribution >= 0.6 is 23.4 Å². The van der Waals surface area contributed by atoms with Crippen LogP contribution in [0.15, 0.2) is 12.3 Å². The van der Waals surface area contributed by atoms with E-state index in [2.05, 4.69) is 35.3 Å². The number of nitrogens with one attached hydrogen (secondary N) is 1. The highest BCUT2D eigenvalue weighted by Gasteiger charge is 2.14. The minimum absolute atomic E-state index is 0.421. The van der Waals surface area contributed by atoms with Crippen LogP contribution in [0.5, 0.6) is 0 Å². The molecule has 18 heavy (non-hydrogen) atoms. The van der Waals surface area contributed by atoms with E-state index >= 15 is 0 Å². The Morgan fingerprint density at radius 1 is 1.56 bits per heavy atom. The zero-order valence-electron chi connectivity index (χ0n) is 11.5. The Morgan fingerprint density at radius 3 is 2.83 bits per heavy atom. The Bertz CT molecular complexity index is 373. The fraction of sp³-hybridized carbons (Fsp3) is 0.615. The van der Waals surface area contributed by atoms with Crippen molar-refractivity contribution in [3.8, 4) is 0 Å². The zero-order chi connectivity index (χ0) is 13.5. The van der Waals surface area contributed by atoms with E-state index in [0.717, 1.165) is 35.2 Å². The molecule has 0 saturated carbocycles. The number of nitrogens with zero attached hydrogens (tertiary/aromatic N) is 2. The van der Waals surface area contributed by atoms with E-state index in [1.165, 1.54) is 0 Å². The second-order valence-electron chi connectivity index (χ2n) is 4.34. The largest absolute Gasteiger partial charge is 0.355 e. The van der Waals surface area contributed by atoms with Crippen LogP contribution in [0.2, 0.25) is 5.02 Å². The van der Waals surface area contributed by atoms with Gasteiger partial charge in [-0.25, -0.2) is 4.98 Å². The zero-order valence-corrected chi connectivity index (χ0v) is 13.1. The van der Waals surface area contributed by atoms with E-state index in [4.69, 9.17) is 11.6 Å². The summed E-state index contributed by atoms with van der Waals surface area (Å²) in [5.74, 6) is 1.92. The molecule has 0 radical (unpaired) electrons. The molecular weight excluding hydrogens is 266 g/mol. The smallest absolute Gasteiger partial charge is 0.147 e. The predicted molar refractivity (Wildman–Crippen MR) is 82.9 cm³/mol. The van der Waals surface area contributed by atoms with Gasteiger partial charge in [0.25, 0.3) is 0 Å². The van der Waals surface area contributed by atoms with Gasteiger partial charge in [-0.15, -0.1) is 0 Å². The van der Waals surface area contributed by atoms with Gasteiger partial charge >= 0.3 is 0 Å². The van der Waals surface area contributed by atoms with Gasteiger partial charge in [-0.1, -0.05) is 18.5 Å². The molecule has 1 aromatic heterocycles. The monoisotopic (exact) mass is 287 g/mol. The topological polar surface area (TPSA) is 28.2 Å². The lowest BCUT2D eigenvalue weighted by Gasteiger charge is -2.26. The van der Waals surface area contributed by atoms with Gasteiger partial charge in [0.05, 0.1) is 5.02 Å². The Balaban J connectivity index is 2.78. The van der Waals surface area contributed by atoms with Crippen molar-refractivity contribution < 1.29 is 0 Å². The van der Waals surface area contributed by atoms with E-state index in [1.54, 1.807) is 0 Å². The van der Waals surface area contributed by atoms with Crippen LogP contribution in [0, 0.1) is 0 Å². The first-order valence-electron chi connectivity index (χ1n) is 6.17. The maximum atomic E-state index is 6.31. The summed E-state index contributed by atoms with van der Waals surface area (Å²) < 4.78 is 0. The third-order valence-corrected chi connectivity index (χ3v) is 3.95. The highest BCUT2D eigenvalue weighted by Crippen LogP contribution is 2.25. The number of thioether (sulfide) groups is 1. The van der Waals surface area contributed by atoms with E-state index in [9.17, 15) is 0 Å². The summed E-state index contributed by atoms with van der Waals surface area (Å²) in [6, 6.07) is 2.42. The van der Waals surface area contributed by atoms with Crippen LogP contribution in [0.1, 0.15) is 19.4 Å². The number of halogens is 1. The van der Waals surface area contributed by atoms with Gasteiger partial charge in [0.15, 0.2) is 0 Å². The maximum Gasteiger partial charge on any atom is 0.147 e. The van der Waals surface area contributed by atoms with Gasteiger partial charge in [-0.2, -0.15) is 11.8 Å². The summed E-state index contributed by atoms with van der Waals surface area (Å²) in [6.45, 7) is 6.03. The van der Waals surface area contributed by atoms with Gasteiger partial charge in [0.1, 0.15) is 5.82 Å². The molecule has 102 valence electrons. The van der Waals surface area contributed by atoms with Crippen LogP contribution < -0.4 is 10.2 Å². The lowest BCUT2D eigenvalue weighted by Crippen LogP contribution is -2.31. The first-order chi connectivity index (χ1) is 8.60. The molecular formula is C13H22ClN3S. The highest BCUT2D eigenvalue weighted by atomic mass is 35.5. The molecule has 0 amide bonds. The van der Waals surface area contributed by atoms with Crippen molar-refractivity contribution in [1.82, 2.24) is 10.3 Å². The normalized spacial score (nSPS) is 12.5. The van der Waals surface area contributed by atoms with Gasteiger partial charge < -0.3 is 10.2 Å². The third-order valence-electron chi connectivity index (χ3n) is 2.86. The summed E-state index contributed by atoms with van der Waals surface area (Å²) in [6.07, 6.45) is 4.01. The molecule has 1 aromatic rings. The van der Waals surface area contributed by atoms with Crippen LogP contribution in [-0.4, -0.2) is 36.6 Å². The Kier molecular flexibility index (Phi) is 6.82. The Hall–Kier alpha value is -0.450. The fourth-order valence-electron chi connectivity index (χ4n) is 1.66. The molecule has 0 fully saturated rings. The molecule has 0 aliphatic rings. The van der Waals surface area contributed by atoms with E-state index < -0.39 is 0 Å². The first kappa shape index (κ1) is 15.6. The summed E-state index contributed by atoms with van der Waals surface area (Å²) in [5, 5.41) is 3.99. The molecule has 3 nitrogen and oxygen atoms in total. The van der Waals surface area contributed by atoms with Crippen molar-refractivity contribution in [2.24, 2.45) is 0 Å². The van der Waals surface area contributed by atoms with E-state index in [1.807, 2.05) is 31.1 Å². The number of hydrogen-bond donors (Lipinski definition) is 1. The lowest BCUT2D eigenvalue weighted by molar-refractivity contribution is 0.720. The molecule has 5 heteroatoms. The van der Waals surface area contributed by atoms with Crippen molar-refractivity contribution in [3.05, 3.63) is 22.8 Å².